The standard InChI is InChI=1S/C32H29NO10/c34-16-9-7-14(8-10-16)30(39)33-27-20-13-21(18-4-1-3-17(18)20)29(27)43-32(42)15-11-23(36)26(24(37)12-15)28(38)25-19(31(40)41)5-2-6-22(25)35/h2,5-12,17-18,20-21,27,29,34-37H,1,3-4,13H2,(H,33,39)(H,40,41). The van der Waals surface area contributed by atoms with E-state index in [1.54, 1.807) is 0 Å². The number of hydrogen-bond donors (Lipinski definition) is 6. The van der Waals surface area contributed by atoms with Crippen LogP contribution in [0.5, 0.6) is 23.0 Å². The Bertz CT molecular complexity index is 1630. The Balaban J connectivity index is 1.26. The maximum atomic E-state index is 13.4. The summed E-state index contributed by atoms with van der Waals surface area (Å²) in [6, 6.07) is 10.7. The Labute approximate surface area is 245 Å². The third-order valence-electron chi connectivity index (χ3n) is 9.24. The van der Waals surface area contributed by atoms with Gasteiger partial charge in [0.25, 0.3) is 5.91 Å². The van der Waals surface area contributed by atoms with Crippen LogP contribution in [-0.4, -0.2) is 61.3 Å². The molecule has 3 aromatic carbocycles. The van der Waals surface area contributed by atoms with Crippen LogP contribution in [0.2, 0.25) is 0 Å². The number of carboxylic acids is 1. The molecule has 6 N–H and O–H groups in total. The van der Waals surface area contributed by atoms with Gasteiger partial charge in [-0.25, -0.2) is 9.59 Å². The molecule has 3 saturated carbocycles. The van der Waals surface area contributed by atoms with Gasteiger partial charge in [0.15, 0.2) is 0 Å². The minimum Gasteiger partial charge on any atom is -0.508 e. The molecule has 43 heavy (non-hydrogen) atoms. The van der Waals surface area contributed by atoms with Crippen molar-refractivity contribution in [1.29, 1.82) is 0 Å². The number of aromatic carboxylic acids is 1. The van der Waals surface area contributed by atoms with Gasteiger partial charge in [0.1, 0.15) is 34.7 Å². The van der Waals surface area contributed by atoms with Crippen molar-refractivity contribution in [1.82, 2.24) is 5.32 Å². The van der Waals surface area contributed by atoms with E-state index in [0.717, 1.165) is 49.9 Å². The van der Waals surface area contributed by atoms with E-state index in [1.807, 2.05) is 0 Å². The molecule has 222 valence electrons. The van der Waals surface area contributed by atoms with Crippen LogP contribution in [0.4, 0.5) is 0 Å². The summed E-state index contributed by atoms with van der Waals surface area (Å²) >= 11 is 0. The molecule has 0 aromatic heterocycles. The number of hydrogen-bond acceptors (Lipinski definition) is 9. The topological polar surface area (TPSA) is 191 Å². The number of carboxylic acid groups (broad SMARTS) is 1. The second-order valence-corrected chi connectivity index (χ2v) is 11.5. The second-order valence-electron chi connectivity index (χ2n) is 11.5. The number of carbonyl (C=O) groups excluding carboxylic acids is 3. The van der Waals surface area contributed by atoms with Crippen molar-refractivity contribution in [2.45, 2.75) is 37.8 Å². The van der Waals surface area contributed by atoms with Crippen molar-refractivity contribution in [3.63, 3.8) is 0 Å². The highest BCUT2D eigenvalue weighted by Gasteiger charge is 2.61. The second kappa shape index (κ2) is 10.6. The molecule has 3 aliphatic rings. The number of phenolic OH excluding ortho intramolecular Hbond substituents is 4. The molecule has 0 saturated heterocycles. The molecule has 2 bridgehead atoms. The third-order valence-corrected chi connectivity index (χ3v) is 9.24. The summed E-state index contributed by atoms with van der Waals surface area (Å²) in [5, 5.41) is 53.6. The fourth-order valence-corrected chi connectivity index (χ4v) is 7.48. The zero-order valence-corrected chi connectivity index (χ0v) is 22.8. The maximum Gasteiger partial charge on any atom is 0.338 e. The summed E-state index contributed by atoms with van der Waals surface area (Å²) in [5.41, 5.74) is -1.75. The number of esters is 1. The molecule has 3 aliphatic carbocycles. The lowest BCUT2D eigenvalue weighted by molar-refractivity contribution is -0.0126. The first-order chi connectivity index (χ1) is 20.5. The minimum absolute atomic E-state index is 0.0186. The molecule has 0 aliphatic heterocycles. The molecule has 1 amide bonds. The van der Waals surface area contributed by atoms with Gasteiger partial charge in [0, 0.05) is 11.5 Å². The molecule has 3 fully saturated rings. The highest BCUT2D eigenvalue weighted by atomic mass is 16.5. The first-order valence-corrected chi connectivity index (χ1v) is 14.0. The van der Waals surface area contributed by atoms with Crippen LogP contribution in [0.3, 0.4) is 0 Å². The lowest BCUT2D eigenvalue weighted by Crippen LogP contribution is -2.52. The smallest absolute Gasteiger partial charge is 0.338 e. The third kappa shape index (κ3) is 4.80. The summed E-state index contributed by atoms with van der Waals surface area (Å²) in [5.74, 6) is -5.25. The fourth-order valence-electron chi connectivity index (χ4n) is 7.48. The number of fused-ring (bicyclic) bond motifs is 5. The largest absolute Gasteiger partial charge is 0.508 e. The van der Waals surface area contributed by atoms with E-state index in [-0.39, 0.29) is 29.1 Å². The number of benzene rings is 3. The molecule has 6 atom stereocenters. The predicted octanol–water partition coefficient (Wildman–Crippen LogP) is 3.83. The van der Waals surface area contributed by atoms with E-state index >= 15 is 0 Å². The Morgan fingerprint density at radius 3 is 2.05 bits per heavy atom. The van der Waals surface area contributed by atoms with Crippen LogP contribution in [-0.2, 0) is 4.74 Å². The van der Waals surface area contributed by atoms with Crippen molar-refractivity contribution in [2.24, 2.45) is 23.7 Å². The van der Waals surface area contributed by atoms with E-state index in [4.69, 9.17) is 4.74 Å². The van der Waals surface area contributed by atoms with E-state index in [1.165, 1.54) is 30.3 Å². The molecule has 0 heterocycles. The summed E-state index contributed by atoms with van der Waals surface area (Å²) in [4.78, 5) is 51.2. The molecule has 0 radical (unpaired) electrons. The van der Waals surface area contributed by atoms with Crippen LogP contribution in [0.1, 0.15) is 72.7 Å². The number of nitrogens with one attached hydrogen (secondary N) is 1. The van der Waals surface area contributed by atoms with E-state index < -0.39 is 63.8 Å². The lowest BCUT2D eigenvalue weighted by atomic mass is 9.77. The average molecular weight is 588 g/mol. The van der Waals surface area contributed by atoms with Gasteiger partial charge in [-0.05, 0) is 85.5 Å². The molecule has 6 rings (SSSR count). The van der Waals surface area contributed by atoms with E-state index in [0.29, 0.717) is 17.4 Å². The van der Waals surface area contributed by atoms with E-state index in [2.05, 4.69) is 5.32 Å². The summed E-state index contributed by atoms with van der Waals surface area (Å²) in [7, 11) is 0. The molecule has 11 nitrogen and oxygen atoms in total. The zero-order valence-electron chi connectivity index (χ0n) is 22.8. The number of rotatable bonds is 7. The van der Waals surface area contributed by atoms with E-state index in [9.17, 15) is 44.7 Å². The van der Waals surface area contributed by atoms with Crippen molar-refractivity contribution < 1.29 is 49.4 Å². The Kier molecular flexibility index (Phi) is 6.95. The molecule has 11 heteroatoms. The first kappa shape index (κ1) is 28.1. The molecular formula is C32H29NO10. The van der Waals surface area contributed by atoms with Crippen LogP contribution in [0, 0.1) is 23.7 Å². The molecule has 3 aromatic rings. The highest BCUT2D eigenvalue weighted by molar-refractivity contribution is 6.18. The number of phenols is 4. The Hall–Kier alpha value is -5.06. The highest BCUT2D eigenvalue weighted by Crippen LogP contribution is 2.59. The van der Waals surface area contributed by atoms with Gasteiger partial charge in [-0.1, -0.05) is 12.5 Å². The zero-order chi connectivity index (χ0) is 30.6. The molecule has 6 unspecified atom stereocenters. The quantitative estimate of drug-likeness (QED) is 0.175. The number of ketones is 1. The first-order valence-electron chi connectivity index (χ1n) is 14.0. The number of amides is 1. The maximum absolute atomic E-state index is 13.4. The molecule has 0 spiro atoms. The van der Waals surface area contributed by atoms with Crippen LogP contribution >= 0.6 is 0 Å². The van der Waals surface area contributed by atoms with Gasteiger partial charge in [-0.3, -0.25) is 9.59 Å². The number of ether oxygens (including phenoxy) is 1. The van der Waals surface area contributed by atoms with Gasteiger partial charge >= 0.3 is 11.9 Å². The Morgan fingerprint density at radius 1 is 0.744 bits per heavy atom. The van der Waals surface area contributed by atoms with Crippen molar-refractivity contribution in [3.8, 4) is 23.0 Å². The normalized spacial score (nSPS) is 25.2. The summed E-state index contributed by atoms with van der Waals surface area (Å²) in [6.45, 7) is 0. The minimum atomic E-state index is -1.50. The predicted molar refractivity (Wildman–Crippen MR) is 149 cm³/mol. The van der Waals surface area contributed by atoms with Crippen LogP contribution < -0.4 is 5.32 Å². The average Bonchev–Trinajstić information content (AvgIpc) is 3.66. The van der Waals surface area contributed by atoms with Gasteiger partial charge in [0.05, 0.1) is 22.7 Å². The number of aromatic hydroxyl groups is 4. The van der Waals surface area contributed by atoms with Crippen molar-refractivity contribution in [2.75, 3.05) is 0 Å². The van der Waals surface area contributed by atoms with Gasteiger partial charge in [-0.2, -0.15) is 0 Å². The van der Waals surface area contributed by atoms with Crippen molar-refractivity contribution in [3.05, 3.63) is 82.4 Å². The SMILES string of the molecule is O=C(NC1C2CC(C3CCCC32)C1OC(=O)c1cc(O)c(C(=O)c2c(O)cccc2C(=O)O)c(O)c1)c1ccc(O)cc1. The monoisotopic (exact) mass is 587 g/mol. The van der Waals surface area contributed by atoms with Gasteiger partial charge in [0.2, 0.25) is 5.78 Å². The van der Waals surface area contributed by atoms with Crippen LogP contribution in [0.15, 0.2) is 54.6 Å². The lowest BCUT2D eigenvalue weighted by Gasteiger charge is -2.38. The van der Waals surface area contributed by atoms with Crippen LogP contribution in [0.25, 0.3) is 0 Å². The molecular weight excluding hydrogens is 558 g/mol. The number of carbonyl (C=O) groups is 4. The Morgan fingerprint density at radius 2 is 1.40 bits per heavy atom. The fraction of sp³-hybridized carbons (Fsp3) is 0.312. The summed E-state index contributed by atoms with van der Waals surface area (Å²) < 4.78 is 5.95. The summed E-state index contributed by atoms with van der Waals surface area (Å²) in [6.07, 6.45) is 3.21. The van der Waals surface area contributed by atoms with Gasteiger partial charge < -0.3 is 35.6 Å². The van der Waals surface area contributed by atoms with Gasteiger partial charge in [-0.15, -0.1) is 0 Å². The van der Waals surface area contributed by atoms with Crippen molar-refractivity contribution >= 4 is 23.6 Å².